The standard InChI is InChI=1S/C24H23F3N2O5/c1-3-19(16-8-5-4-6-9-16)21(29(31)32)22(20-10-7-15-34-20)28(23(30)24(25,26)27)17-11-13-18(33-2)14-12-17/h4-15,19,21-22H,3H2,1-2H3/t19-,21+,22-/m0/s1. The number of carbonyl (C=O) groups is 1. The largest absolute Gasteiger partial charge is 0.497 e. The van der Waals surface area contributed by atoms with E-state index in [4.69, 9.17) is 9.15 Å². The summed E-state index contributed by atoms with van der Waals surface area (Å²) in [6, 6.07) is 13.1. The van der Waals surface area contributed by atoms with E-state index in [1.165, 1.54) is 49.8 Å². The number of hydrogen-bond acceptors (Lipinski definition) is 5. The van der Waals surface area contributed by atoms with Gasteiger partial charge in [0.1, 0.15) is 11.5 Å². The van der Waals surface area contributed by atoms with Gasteiger partial charge in [0.05, 0.1) is 19.3 Å². The molecular formula is C24H23F3N2O5. The van der Waals surface area contributed by atoms with Crippen LogP contribution in [0.15, 0.2) is 77.4 Å². The predicted molar refractivity (Wildman–Crippen MR) is 118 cm³/mol. The fourth-order valence-corrected chi connectivity index (χ4v) is 4.05. The summed E-state index contributed by atoms with van der Waals surface area (Å²) in [6.45, 7) is 1.71. The Morgan fingerprint density at radius 3 is 2.21 bits per heavy atom. The van der Waals surface area contributed by atoms with Gasteiger partial charge in [0.2, 0.25) is 6.04 Å². The Hall–Kier alpha value is -3.82. The summed E-state index contributed by atoms with van der Waals surface area (Å²) in [6.07, 6.45) is -3.85. The van der Waals surface area contributed by atoms with Crippen LogP contribution in [0.2, 0.25) is 0 Å². The molecule has 0 unspecified atom stereocenters. The lowest BCUT2D eigenvalue weighted by Gasteiger charge is -2.35. The summed E-state index contributed by atoms with van der Waals surface area (Å²) >= 11 is 0. The minimum atomic E-state index is -5.29. The van der Waals surface area contributed by atoms with Crippen molar-refractivity contribution in [2.45, 2.75) is 37.5 Å². The first kappa shape index (κ1) is 24.8. The number of anilines is 1. The lowest BCUT2D eigenvalue weighted by molar-refractivity contribution is -0.531. The quantitative estimate of drug-likeness (QED) is 0.289. The van der Waals surface area contributed by atoms with Crippen LogP contribution in [0.5, 0.6) is 5.75 Å². The van der Waals surface area contributed by atoms with Crippen LogP contribution in [-0.4, -0.2) is 30.2 Å². The van der Waals surface area contributed by atoms with Crippen LogP contribution in [0.4, 0.5) is 18.9 Å². The highest BCUT2D eigenvalue weighted by atomic mass is 19.4. The third-order valence-electron chi connectivity index (χ3n) is 5.57. The molecule has 0 fully saturated rings. The van der Waals surface area contributed by atoms with Crippen LogP contribution in [0.1, 0.15) is 36.6 Å². The summed E-state index contributed by atoms with van der Waals surface area (Å²) in [5.74, 6) is -2.84. The van der Waals surface area contributed by atoms with E-state index in [0.717, 1.165) is 0 Å². The zero-order valence-corrected chi connectivity index (χ0v) is 18.4. The molecule has 2 aromatic carbocycles. The summed E-state index contributed by atoms with van der Waals surface area (Å²) in [7, 11) is 1.38. The molecule has 0 aliphatic carbocycles. The molecule has 10 heteroatoms. The van der Waals surface area contributed by atoms with Crippen molar-refractivity contribution in [1.82, 2.24) is 0 Å². The third kappa shape index (κ3) is 5.22. The minimum absolute atomic E-state index is 0.135. The maximum atomic E-state index is 13.8. The van der Waals surface area contributed by atoms with Gasteiger partial charge in [-0.05, 0) is 48.4 Å². The molecule has 0 aliphatic rings. The minimum Gasteiger partial charge on any atom is -0.497 e. The second kappa shape index (κ2) is 10.4. The van der Waals surface area contributed by atoms with Gasteiger partial charge in [-0.1, -0.05) is 37.3 Å². The van der Waals surface area contributed by atoms with Gasteiger partial charge in [-0.2, -0.15) is 13.2 Å². The van der Waals surface area contributed by atoms with Crippen molar-refractivity contribution in [3.63, 3.8) is 0 Å². The van der Waals surface area contributed by atoms with Gasteiger partial charge in [0, 0.05) is 10.6 Å². The van der Waals surface area contributed by atoms with Crippen molar-refractivity contribution in [3.05, 3.63) is 94.4 Å². The summed E-state index contributed by atoms with van der Waals surface area (Å²) in [5, 5.41) is 12.4. The number of alkyl halides is 3. The number of nitro groups is 1. The summed E-state index contributed by atoms with van der Waals surface area (Å²) in [5.41, 5.74) is 0.386. The molecule has 3 atom stereocenters. The molecule has 1 heterocycles. The number of hydrogen-bond donors (Lipinski definition) is 0. The molecule has 34 heavy (non-hydrogen) atoms. The molecule has 0 spiro atoms. The van der Waals surface area contributed by atoms with Gasteiger partial charge in [-0.25, -0.2) is 0 Å². The van der Waals surface area contributed by atoms with Gasteiger partial charge in [0.25, 0.3) is 0 Å². The molecule has 0 N–H and O–H groups in total. The molecule has 0 saturated carbocycles. The SMILES string of the molecule is CC[C@@H](c1ccccc1)[C@H]([C@H](c1ccco1)N(C(=O)C(F)(F)F)c1ccc(OC)cc1)[N+](=O)[O-]. The zero-order valence-electron chi connectivity index (χ0n) is 18.4. The van der Waals surface area contributed by atoms with E-state index in [2.05, 4.69) is 0 Å². The van der Waals surface area contributed by atoms with E-state index in [-0.39, 0.29) is 17.9 Å². The van der Waals surface area contributed by atoms with E-state index >= 15 is 0 Å². The molecule has 0 radical (unpaired) electrons. The van der Waals surface area contributed by atoms with Crippen LogP contribution in [0, 0.1) is 10.1 Å². The average molecular weight is 476 g/mol. The number of carbonyl (C=O) groups excluding carboxylic acids is 1. The Kier molecular flexibility index (Phi) is 7.60. The van der Waals surface area contributed by atoms with Crippen LogP contribution in [-0.2, 0) is 4.79 Å². The van der Waals surface area contributed by atoms with Gasteiger partial charge in [-0.3, -0.25) is 19.8 Å². The summed E-state index contributed by atoms with van der Waals surface area (Å²) < 4.78 is 51.8. The number of nitrogens with zero attached hydrogens (tertiary/aromatic N) is 2. The van der Waals surface area contributed by atoms with Crippen molar-refractivity contribution in [3.8, 4) is 5.75 Å². The van der Waals surface area contributed by atoms with Crippen LogP contribution >= 0.6 is 0 Å². The molecule has 3 rings (SSSR count). The Morgan fingerprint density at radius 2 is 1.74 bits per heavy atom. The van der Waals surface area contributed by atoms with E-state index in [0.29, 0.717) is 16.2 Å². The fourth-order valence-electron chi connectivity index (χ4n) is 4.05. The zero-order chi connectivity index (χ0) is 24.9. The van der Waals surface area contributed by atoms with Gasteiger partial charge in [-0.15, -0.1) is 0 Å². The lowest BCUT2D eigenvalue weighted by atomic mass is 9.83. The maximum Gasteiger partial charge on any atom is 0.471 e. The van der Waals surface area contributed by atoms with Gasteiger partial charge < -0.3 is 9.15 Å². The first-order chi connectivity index (χ1) is 16.2. The van der Waals surface area contributed by atoms with Crippen LogP contribution in [0.3, 0.4) is 0 Å². The first-order valence-electron chi connectivity index (χ1n) is 10.4. The second-order valence-electron chi connectivity index (χ2n) is 7.53. The second-order valence-corrected chi connectivity index (χ2v) is 7.53. The van der Waals surface area contributed by atoms with Crippen molar-refractivity contribution < 1.29 is 32.0 Å². The molecular weight excluding hydrogens is 453 g/mol. The highest BCUT2D eigenvalue weighted by Crippen LogP contribution is 2.41. The Morgan fingerprint density at radius 1 is 1.09 bits per heavy atom. The van der Waals surface area contributed by atoms with Crippen molar-refractivity contribution in [1.29, 1.82) is 0 Å². The topological polar surface area (TPSA) is 85.8 Å². The first-order valence-corrected chi connectivity index (χ1v) is 10.4. The number of ether oxygens (including phenoxy) is 1. The van der Waals surface area contributed by atoms with Gasteiger partial charge >= 0.3 is 12.1 Å². The van der Waals surface area contributed by atoms with E-state index < -0.39 is 35.0 Å². The molecule has 0 saturated heterocycles. The smallest absolute Gasteiger partial charge is 0.471 e. The Balaban J connectivity index is 2.25. The molecule has 1 aromatic heterocycles. The normalized spacial score (nSPS) is 14.1. The lowest BCUT2D eigenvalue weighted by Crippen LogP contribution is -2.50. The summed E-state index contributed by atoms with van der Waals surface area (Å²) in [4.78, 5) is 24.9. The predicted octanol–water partition coefficient (Wildman–Crippen LogP) is 5.76. The van der Waals surface area contributed by atoms with Crippen molar-refractivity contribution in [2.24, 2.45) is 0 Å². The third-order valence-corrected chi connectivity index (χ3v) is 5.57. The number of halogens is 3. The van der Waals surface area contributed by atoms with Crippen molar-refractivity contribution in [2.75, 3.05) is 12.0 Å². The highest BCUT2D eigenvalue weighted by Gasteiger charge is 2.53. The number of methoxy groups -OCH3 is 1. The fraction of sp³-hybridized carbons (Fsp3) is 0.292. The Labute approximate surface area is 193 Å². The highest BCUT2D eigenvalue weighted by molar-refractivity contribution is 5.98. The van der Waals surface area contributed by atoms with Crippen LogP contribution < -0.4 is 9.64 Å². The number of furan rings is 1. The Bertz CT molecular complexity index is 1090. The number of benzene rings is 2. The number of amides is 1. The van der Waals surface area contributed by atoms with E-state index in [9.17, 15) is 28.1 Å². The molecule has 3 aromatic rings. The van der Waals surface area contributed by atoms with Crippen molar-refractivity contribution >= 4 is 11.6 Å². The number of rotatable bonds is 9. The van der Waals surface area contributed by atoms with Crippen LogP contribution in [0.25, 0.3) is 0 Å². The van der Waals surface area contributed by atoms with Gasteiger partial charge in [0.15, 0.2) is 6.04 Å². The molecule has 0 bridgehead atoms. The molecule has 7 nitrogen and oxygen atoms in total. The monoisotopic (exact) mass is 476 g/mol. The van der Waals surface area contributed by atoms with E-state index in [1.807, 2.05) is 0 Å². The average Bonchev–Trinajstić information content (AvgIpc) is 3.35. The molecule has 1 amide bonds. The maximum absolute atomic E-state index is 13.8. The molecule has 0 aliphatic heterocycles. The molecule has 180 valence electrons. The van der Waals surface area contributed by atoms with E-state index in [1.54, 1.807) is 37.3 Å².